The number of carbonyl (C=O) groups excluding carboxylic acids is 1. The summed E-state index contributed by atoms with van der Waals surface area (Å²) in [5, 5.41) is 0. The van der Waals surface area contributed by atoms with Crippen molar-refractivity contribution in [3.8, 4) is 11.3 Å². The molecule has 1 aromatic heterocycles. The summed E-state index contributed by atoms with van der Waals surface area (Å²) in [5.74, 6) is 1.24. The van der Waals surface area contributed by atoms with Crippen LogP contribution < -0.4 is 0 Å². The maximum absolute atomic E-state index is 12.9. The molecule has 3 rings (SSSR count). The van der Waals surface area contributed by atoms with Gasteiger partial charge in [0.05, 0.1) is 11.6 Å². The van der Waals surface area contributed by atoms with Crippen molar-refractivity contribution in [2.45, 2.75) is 59.0 Å². The van der Waals surface area contributed by atoms with Crippen LogP contribution in [0.2, 0.25) is 0 Å². The first-order valence-corrected chi connectivity index (χ1v) is 10.2. The van der Waals surface area contributed by atoms with Crippen LogP contribution in [0.5, 0.6) is 0 Å². The number of aromatic nitrogens is 1. The topological polar surface area (TPSA) is 39.2 Å². The first-order chi connectivity index (χ1) is 13.0. The average molecular weight is 366 g/mol. The predicted molar refractivity (Wildman–Crippen MR) is 109 cm³/mol. The number of hydrogen-bond donors (Lipinski definition) is 0. The molecule has 4 atom stereocenters. The van der Waals surface area contributed by atoms with Crippen molar-refractivity contribution >= 4 is 5.97 Å². The van der Waals surface area contributed by atoms with E-state index in [4.69, 9.17) is 4.74 Å². The summed E-state index contributed by atoms with van der Waals surface area (Å²) in [6.45, 7) is 8.68. The Morgan fingerprint density at radius 3 is 2.63 bits per heavy atom. The minimum absolute atomic E-state index is 0.0441. The number of rotatable bonds is 5. The third kappa shape index (κ3) is 4.77. The van der Waals surface area contributed by atoms with Crippen molar-refractivity contribution in [3.05, 3.63) is 54.2 Å². The lowest BCUT2D eigenvalue weighted by molar-refractivity contribution is -0.157. The highest BCUT2D eigenvalue weighted by Crippen LogP contribution is 2.36. The second-order valence-electron chi connectivity index (χ2n) is 8.36. The standard InChI is InChI=1S/C24H31NO2/c1-16(2)21-12-11-17(3)14-23(21)27-24(26)18(4)19-8-7-9-20(15-19)22-10-5-6-13-25-22/h5-10,13,15-18,21,23H,11-12,14H2,1-4H3/t17-,18-,21+,23-/m0/s1. The van der Waals surface area contributed by atoms with Gasteiger partial charge in [-0.1, -0.05) is 51.5 Å². The number of esters is 1. The molecule has 2 aromatic rings. The highest BCUT2D eigenvalue weighted by atomic mass is 16.5. The van der Waals surface area contributed by atoms with E-state index in [2.05, 4.69) is 31.8 Å². The molecule has 0 N–H and O–H groups in total. The van der Waals surface area contributed by atoms with Gasteiger partial charge in [-0.3, -0.25) is 9.78 Å². The zero-order chi connectivity index (χ0) is 19.4. The van der Waals surface area contributed by atoms with E-state index in [1.54, 1.807) is 6.20 Å². The van der Waals surface area contributed by atoms with E-state index in [-0.39, 0.29) is 18.0 Å². The maximum atomic E-state index is 12.9. The van der Waals surface area contributed by atoms with Crippen molar-refractivity contribution in [1.29, 1.82) is 0 Å². The number of carbonyl (C=O) groups is 1. The third-order valence-corrected chi connectivity index (χ3v) is 5.93. The highest BCUT2D eigenvalue weighted by molar-refractivity contribution is 5.78. The van der Waals surface area contributed by atoms with Crippen LogP contribution in [0.4, 0.5) is 0 Å². The molecule has 1 fully saturated rings. The molecule has 0 aliphatic heterocycles. The Bertz CT molecular complexity index is 756. The predicted octanol–water partition coefficient (Wildman–Crippen LogP) is 5.86. The Labute approximate surface area is 163 Å². The van der Waals surface area contributed by atoms with Crippen LogP contribution in [0, 0.1) is 17.8 Å². The summed E-state index contributed by atoms with van der Waals surface area (Å²) in [6, 6.07) is 13.9. The number of hydrogen-bond acceptors (Lipinski definition) is 3. The van der Waals surface area contributed by atoms with E-state index in [9.17, 15) is 4.79 Å². The Balaban J connectivity index is 1.73. The smallest absolute Gasteiger partial charge is 0.313 e. The molecule has 0 saturated heterocycles. The lowest BCUT2D eigenvalue weighted by Crippen LogP contribution is -2.36. The van der Waals surface area contributed by atoms with Gasteiger partial charge in [0.2, 0.25) is 0 Å². The van der Waals surface area contributed by atoms with Gasteiger partial charge in [0.25, 0.3) is 0 Å². The molecule has 0 amide bonds. The molecule has 1 aliphatic rings. The molecule has 0 radical (unpaired) electrons. The molecule has 27 heavy (non-hydrogen) atoms. The molecule has 0 bridgehead atoms. The molecule has 1 heterocycles. The molecule has 1 saturated carbocycles. The molecule has 3 heteroatoms. The van der Waals surface area contributed by atoms with Crippen molar-refractivity contribution in [1.82, 2.24) is 4.98 Å². The molecular weight excluding hydrogens is 334 g/mol. The summed E-state index contributed by atoms with van der Waals surface area (Å²) >= 11 is 0. The third-order valence-electron chi connectivity index (χ3n) is 5.93. The Hall–Kier alpha value is -2.16. The number of pyridine rings is 1. The SMILES string of the molecule is CC(C)[C@H]1CC[C@H](C)C[C@@H]1OC(=O)[C@@H](C)c1cccc(-c2ccccn2)c1. The molecular formula is C24H31NO2. The van der Waals surface area contributed by atoms with Crippen LogP contribution in [0.25, 0.3) is 11.3 Å². The number of ether oxygens (including phenoxy) is 1. The van der Waals surface area contributed by atoms with Gasteiger partial charge in [0.15, 0.2) is 0 Å². The zero-order valence-electron chi connectivity index (χ0n) is 16.9. The van der Waals surface area contributed by atoms with Gasteiger partial charge < -0.3 is 4.74 Å². The summed E-state index contributed by atoms with van der Waals surface area (Å²) in [7, 11) is 0. The lowest BCUT2D eigenvalue weighted by atomic mass is 9.75. The molecule has 0 spiro atoms. The van der Waals surface area contributed by atoms with E-state index in [1.165, 1.54) is 6.42 Å². The normalized spacial score (nSPS) is 23.8. The fraction of sp³-hybridized carbons (Fsp3) is 0.500. The van der Waals surface area contributed by atoms with Crippen molar-refractivity contribution < 1.29 is 9.53 Å². The molecule has 0 unspecified atom stereocenters. The fourth-order valence-electron chi connectivity index (χ4n) is 4.14. The summed E-state index contributed by atoms with van der Waals surface area (Å²) < 4.78 is 6.04. The minimum atomic E-state index is -0.279. The average Bonchev–Trinajstić information content (AvgIpc) is 2.68. The van der Waals surface area contributed by atoms with E-state index in [0.29, 0.717) is 17.8 Å². The van der Waals surface area contributed by atoms with Crippen LogP contribution in [-0.4, -0.2) is 17.1 Å². The summed E-state index contributed by atoms with van der Waals surface area (Å²) in [4.78, 5) is 17.3. The first kappa shape index (κ1) is 19.6. The molecule has 3 nitrogen and oxygen atoms in total. The van der Waals surface area contributed by atoms with E-state index in [0.717, 1.165) is 29.7 Å². The van der Waals surface area contributed by atoms with Crippen molar-refractivity contribution in [3.63, 3.8) is 0 Å². The van der Waals surface area contributed by atoms with Crippen LogP contribution in [-0.2, 0) is 9.53 Å². The van der Waals surface area contributed by atoms with Crippen LogP contribution in [0.15, 0.2) is 48.7 Å². The monoisotopic (exact) mass is 365 g/mol. The van der Waals surface area contributed by atoms with Crippen LogP contribution in [0.1, 0.15) is 58.4 Å². The Morgan fingerprint density at radius 1 is 1.11 bits per heavy atom. The maximum Gasteiger partial charge on any atom is 0.313 e. The van der Waals surface area contributed by atoms with Gasteiger partial charge in [0, 0.05) is 11.8 Å². The van der Waals surface area contributed by atoms with Gasteiger partial charge in [-0.05, 0) is 61.3 Å². The second-order valence-corrected chi connectivity index (χ2v) is 8.36. The van der Waals surface area contributed by atoms with Crippen molar-refractivity contribution in [2.75, 3.05) is 0 Å². The number of nitrogens with zero attached hydrogens (tertiary/aromatic N) is 1. The number of benzene rings is 1. The molecule has 1 aromatic carbocycles. The molecule has 144 valence electrons. The highest BCUT2D eigenvalue weighted by Gasteiger charge is 2.34. The van der Waals surface area contributed by atoms with E-state index >= 15 is 0 Å². The first-order valence-electron chi connectivity index (χ1n) is 10.2. The Morgan fingerprint density at radius 2 is 1.93 bits per heavy atom. The zero-order valence-corrected chi connectivity index (χ0v) is 16.9. The second kappa shape index (κ2) is 8.69. The van der Waals surface area contributed by atoms with Crippen LogP contribution >= 0.6 is 0 Å². The van der Waals surface area contributed by atoms with E-state index < -0.39 is 0 Å². The van der Waals surface area contributed by atoms with Crippen molar-refractivity contribution in [2.24, 2.45) is 17.8 Å². The molecule has 1 aliphatic carbocycles. The van der Waals surface area contributed by atoms with Gasteiger partial charge >= 0.3 is 5.97 Å². The summed E-state index contributed by atoms with van der Waals surface area (Å²) in [5.41, 5.74) is 2.92. The quantitative estimate of drug-likeness (QED) is 0.623. The largest absolute Gasteiger partial charge is 0.462 e. The Kier molecular flexibility index (Phi) is 6.30. The van der Waals surface area contributed by atoms with Gasteiger partial charge in [0.1, 0.15) is 6.10 Å². The van der Waals surface area contributed by atoms with Crippen LogP contribution in [0.3, 0.4) is 0 Å². The fourth-order valence-corrected chi connectivity index (χ4v) is 4.14. The minimum Gasteiger partial charge on any atom is -0.462 e. The van der Waals surface area contributed by atoms with Gasteiger partial charge in [-0.25, -0.2) is 0 Å². The van der Waals surface area contributed by atoms with E-state index in [1.807, 2.05) is 43.3 Å². The van der Waals surface area contributed by atoms with Gasteiger partial charge in [-0.15, -0.1) is 0 Å². The van der Waals surface area contributed by atoms with Gasteiger partial charge in [-0.2, -0.15) is 0 Å². The summed E-state index contributed by atoms with van der Waals surface area (Å²) in [6.07, 6.45) is 5.20. The lowest BCUT2D eigenvalue weighted by Gasteiger charge is -2.37.